The van der Waals surface area contributed by atoms with Gasteiger partial charge in [-0.15, -0.1) is 0 Å². The third-order valence-corrected chi connectivity index (χ3v) is 3.88. The molecule has 0 atom stereocenters. The molecule has 0 aliphatic rings. The fourth-order valence-corrected chi connectivity index (χ4v) is 2.62. The molecule has 0 spiro atoms. The number of rotatable bonds is 1. The second-order valence-corrected chi connectivity index (χ2v) is 5.62. The van der Waals surface area contributed by atoms with Crippen LogP contribution < -0.4 is 5.63 Å². The predicted molar refractivity (Wildman–Crippen MR) is 87.2 cm³/mol. The zero-order valence-electron chi connectivity index (χ0n) is 12.3. The van der Waals surface area contributed by atoms with Gasteiger partial charge in [0.15, 0.2) is 0 Å². The maximum absolute atomic E-state index is 11.6. The molecule has 22 heavy (non-hydrogen) atoms. The highest BCUT2D eigenvalue weighted by atomic mass is 16.4. The van der Waals surface area contributed by atoms with Gasteiger partial charge < -0.3 is 8.83 Å². The van der Waals surface area contributed by atoms with Crippen molar-refractivity contribution in [3.63, 3.8) is 0 Å². The Balaban J connectivity index is 1.95. The Morgan fingerprint density at radius 1 is 0.773 bits per heavy atom. The van der Waals surface area contributed by atoms with Gasteiger partial charge in [-0.1, -0.05) is 29.8 Å². The minimum absolute atomic E-state index is 0.297. The Hall–Kier alpha value is -2.81. The lowest BCUT2D eigenvalue weighted by molar-refractivity contribution is 0.555. The molecule has 0 fully saturated rings. The second kappa shape index (κ2) is 4.60. The Labute approximate surface area is 126 Å². The van der Waals surface area contributed by atoms with Crippen molar-refractivity contribution in [3.05, 3.63) is 70.1 Å². The summed E-state index contributed by atoms with van der Waals surface area (Å²) in [5.74, 6) is 0.810. The van der Waals surface area contributed by atoms with E-state index < -0.39 is 0 Å². The number of furan rings is 1. The van der Waals surface area contributed by atoms with Crippen LogP contribution in [0.1, 0.15) is 11.1 Å². The molecule has 3 nitrogen and oxygen atoms in total. The zero-order valence-corrected chi connectivity index (χ0v) is 12.3. The molecule has 4 aromatic rings. The molecule has 2 aromatic heterocycles. The predicted octanol–water partition coefficient (Wildman–Crippen LogP) is 4.82. The monoisotopic (exact) mass is 290 g/mol. The van der Waals surface area contributed by atoms with Gasteiger partial charge in [0.1, 0.15) is 16.9 Å². The van der Waals surface area contributed by atoms with Crippen molar-refractivity contribution < 1.29 is 8.83 Å². The van der Waals surface area contributed by atoms with Crippen molar-refractivity contribution in [2.45, 2.75) is 13.8 Å². The maximum atomic E-state index is 11.6. The second-order valence-electron chi connectivity index (χ2n) is 5.62. The summed E-state index contributed by atoms with van der Waals surface area (Å²) in [6.45, 7) is 3.80. The fraction of sp³-hybridized carbons (Fsp3) is 0.105. The largest absolute Gasteiger partial charge is 0.456 e. The van der Waals surface area contributed by atoms with Crippen LogP contribution in [0, 0.1) is 13.8 Å². The molecule has 0 N–H and O–H groups in total. The molecule has 0 unspecified atom stereocenters. The summed E-state index contributed by atoms with van der Waals surface area (Å²) in [5.41, 5.74) is 3.91. The summed E-state index contributed by atoms with van der Waals surface area (Å²) >= 11 is 0. The minimum atomic E-state index is -0.297. The lowest BCUT2D eigenvalue weighted by Gasteiger charge is -1.98. The van der Waals surface area contributed by atoms with Crippen molar-refractivity contribution >= 4 is 21.9 Å². The van der Waals surface area contributed by atoms with Crippen LogP contribution in [0.5, 0.6) is 0 Å². The van der Waals surface area contributed by atoms with E-state index in [-0.39, 0.29) is 5.63 Å². The van der Waals surface area contributed by atoms with Gasteiger partial charge in [0, 0.05) is 21.9 Å². The average Bonchev–Trinajstić information content (AvgIpc) is 2.90. The van der Waals surface area contributed by atoms with Crippen molar-refractivity contribution in [1.29, 1.82) is 0 Å². The van der Waals surface area contributed by atoms with Crippen LogP contribution in [0.15, 0.2) is 62.2 Å². The first-order valence-electron chi connectivity index (χ1n) is 7.15. The molecule has 0 bridgehead atoms. The highest BCUT2D eigenvalue weighted by Crippen LogP contribution is 2.30. The van der Waals surface area contributed by atoms with Crippen molar-refractivity contribution in [3.8, 4) is 11.3 Å². The van der Waals surface area contributed by atoms with E-state index >= 15 is 0 Å². The molecule has 0 saturated heterocycles. The normalized spacial score (nSPS) is 11.4. The van der Waals surface area contributed by atoms with Gasteiger partial charge in [0.05, 0.1) is 0 Å². The third-order valence-electron chi connectivity index (χ3n) is 3.88. The van der Waals surface area contributed by atoms with E-state index in [1.54, 1.807) is 6.92 Å². The van der Waals surface area contributed by atoms with Crippen LogP contribution in [-0.4, -0.2) is 0 Å². The van der Waals surface area contributed by atoms with E-state index in [9.17, 15) is 4.79 Å². The van der Waals surface area contributed by atoms with Gasteiger partial charge in [-0.25, -0.2) is 4.79 Å². The van der Waals surface area contributed by atoms with Crippen molar-refractivity contribution in [2.24, 2.45) is 0 Å². The molecule has 4 rings (SSSR count). The van der Waals surface area contributed by atoms with Gasteiger partial charge >= 0.3 is 5.63 Å². The Morgan fingerprint density at radius 3 is 2.14 bits per heavy atom. The first-order valence-corrected chi connectivity index (χ1v) is 7.15. The first-order chi connectivity index (χ1) is 10.6. The molecule has 2 aromatic carbocycles. The molecule has 2 heterocycles. The minimum Gasteiger partial charge on any atom is -0.456 e. The van der Waals surface area contributed by atoms with Crippen LogP contribution in [0.25, 0.3) is 33.3 Å². The molecule has 0 aliphatic carbocycles. The van der Waals surface area contributed by atoms with E-state index in [4.69, 9.17) is 8.83 Å². The summed E-state index contributed by atoms with van der Waals surface area (Å²) in [4.78, 5) is 11.6. The molecule has 0 amide bonds. The summed E-state index contributed by atoms with van der Waals surface area (Å²) in [6, 6.07) is 15.8. The molecule has 0 saturated carbocycles. The van der Waals surface area contributed by atoms with Gasteiger partial charge in [0.25, 0.3) is 0 Å². The molecular formula is C19H14O3. The topological polar surface area (TPSA) is 43.4 Å². The van der Waals surface area contributed by atoms with Crippen LogP contribution >= 0.6 is 0 Å². The molecule has 108 valence electrons. The Kier molecular flexibility index (Phi) is 2.70. The zero-order chi connectivity index (χ0) is 15.3. The Bertz CT molecular complexity index is 1050. The van der Waals surface area contributed by atoms with E-state index in [0.717, 1.165) is 27.7 Å². The molecule has 0 aliphatic heterocycles. The molecule has 0 radical (unpaired) electrons. The molecule has 3 heteroatoms. The van der Waals surface area contributed by atoms with E-state index in [0.29, 0.717) is 11.1 Å². The number of hydrogen-bond acceptors (Lipinski definition) is 3. The number of aryl methyl sites for hydroxylation is 2. The standard InChI is InChI=1S/C19H14O3/c1-11-3-5-13(6-4-11)16-9-15-10-18-14(8-17(15)21-16)7-12(2)19(20)22-18/h3-10H,1-2H3. The highest BCUT2D eigenvalue weighted by molar-refractivity contribution is 5.95. The lowest BCUT2D eigenvalue weighted by atomic mass is 10.1. The van der Waals surface area contributed by atoms with E-state index in [1.165, 1.54) is 5.56 Å². The summed E-state index contributed by atoms with van der Waals surface area (Å²) in [7, 11) is 0. The fourth-order valence-electron chi connectivity index (χ4n) is 2.62. The van der Waals surface area contributed by atoms with Crippen LogP contribution in [0.3, 0.4) is 0 Å². The number of hydrogen-bond donors (Lipinski definition) is 0. The quantitative estimate of drug-likeness (QED) is 0.472. The summed E-state index contributed by atoms with van der Waals surface area (Å²) in [6.07, 6.45) is 0. The molecular weight excluding hydrogens is 276 g/mol. The summed E-state index contributed by atoms with van der Waals surface area (Å²) < 4.78 is 11.3. The van der Waals surface area contributed by atoms with Gasteiger partial charge in [-0.05, 0) is 38.1 Å². The highest BCUT2D eigenvalue weighted by Gasteiger charge is 2.09. The SMILES string of the molecule is Cc1ccc(-c2cc3cc4oc(=O)c(C)cc4cc3o2)cc1. The van der Waals surface area contributed by atoms with Crippen molar-refractivity contribution in [2.75, 3.05) is 0 Å². The number of benzene rings is 2. The Morgan fingerprint density at radius 2 is 1.41 bits per heavy atom. The maximum Gasteiger partial charge on any atom is 0.339 e. The lowest BCUT2D eigenvalue weighted by Crippen LogP contribution is -2.01. The van der Waals surface area contributed by atoms with E-state index in [2.05, 4.69) is 19.1 Å². The smallest absolute Gasteiger partial charge is 0.339 e. The van der Waals surface area contributed by atoms with Crippen molar-refractivity contribution in [1.82, 2.24) is 0 Å². The first kappa shape index (κ1) is 12.9. The number of fused-ring (bicyclic) bond motifs is 2. The van der Waals surface area contributed by atoms with Crippen LogP contribution in [0.4, 0.5) is 0 Å². The van der Waals surface area contributed by atoms with Crippen LogP contribution in [-0.2, 0) is 0 Å². The van der Waals surface area contributed by atoms with Gasteiger partial charge in [-0.3, -0.25) is 0 Å². The van der Waals surface area contributed by atoms with Gasteiger partial charge in [-0.2, -0.15) is 0 Å². The van der Waals surface area contributed by atoms with Gasteiger partial charge in [0.2, 0.25) is 0 Å². The average molecular weight is 290 g/mol. The summed E-state index contributed by atoms with van der Waals surface area (Å²) in [5, 5.41) is 1.80. The third kappa shape index (κ3) is 2.02. The van der Waals surface area contributed by atoms with Crippen LogP contribution in [0.2, 0.25) is 0 Å². The van der Waals surface area contributed by atoms with E-state index in [1.807, 2.05) is 36.4 Å².